The summed E-state index contributed by atoms with van der Waals surface area (Å²) in [4.78, 5) is 35.2. The maximum atomic E-state index is 12.8. The fourth-order valence-electron chi connectivity index (χ4n) is 3.89. The van der Waals surface area contributed by atoms with E-state index in [0.29, 0.717) is 18.7 Å². The van der Waals surface area contributed by atoms with Crippen LogP contribution >= 0.6 is 0 Å². The normalized spacial score (nSPS) is 16.3. The van der Waals surface area contributed by atoms with E-state index in [0.717, 1.165) is 35.4 Å². The molecule has 1 aliphatic heterocycles. The van der Waals surface area contributed by atoms with Crippen LogP contribution in [0.5, 0.6) is 5.75 Å². The summed E-state index contributed by atoms with van der Waals surface area (Å²) in [7, 11) is 0. The lowest BCUT2D eigenvalue weighted by molar-refractivity contribution is -0.132. The van der Waals surface area contributed by atoms with E-state index in [-0.39, 0.29) is 30.6 Å². The Morgan fingerprint density at radius 3 is 2.69 bits per heavy atom. The molecule has 1 saturated heterocycles. The first-order chi connectivity index (χ1) is 14.2. The second-order valence-electron chi connectivity index (χ2n) is 7.26. The predicted molar refractivity (Wildman–Crippen MR) is 111 cm³/mol. The number of likely N-dealkylation sites (tertiary alicyclic amines) is 1. The Bertz CT molecular complexity index is 977. The molecule has 0 spiro atoms. The highest BCUT2D eigenvalue weighted by molar-refractivity contribution is 5.98. The van der Waals surface area contributed by atoms with Crippen LogP contribution in [0, 0.1) is 0 Å². The lowest BCUT2D eigenvalue weighted by atomic mass is 10.1. The number of amides is 1. The second kappa shape index (κ2) is 8.47. The summed E-state index contributed by atoms with van der Waals surface area (Å²) in [5, 5.41) is 0. The third-order valence-electron chi connectivity index (χ3n) is 5.35. The number of imidazole rings is 1. The number of carbonyl (C=O) groups is 2. The fraction of sp³-hybridized carbons (Fsp3) is 0.348. The number of ketones is 1. The van der Waals surface area contributed by atoms with E-state index in [9.17, 15) is 9.59 Å². The molecule has 0 unspecified atom stereocenters. The lowest BCUT2D eigenvalue weighted by Gasteiger charge is -2.23. The molecule has 0 saturated carbocycles. The number of carbonyl (C=O) groups excluding carboxylic acids is 2. The summed E-state index contributed by atoms with van der Waals surface area (Å²) in [6.07, 6.45) is 2.25. The Kier molecular flexibility index (Phi) is 5.60. The monoisotopic (exact) mass is 391 g/mol. The van der Waals surface area contributed by atoms with E-state index < -0.39 is 0 Å². The Morgan fingerprint density at radius 2 is 1.93 bits per heavy atom. The number of fused-ring (bicyclic) bond motifs is 1. The average molecular weight is 391 g/mol. The first-order valence-electron chi connectivity index (χ1n) is 10.2. The summed E-state index contributed by atoms with van der Waals surface area (Å²) in [6, 6.07) is 14.9. The van der Waals surface area contributed by atoms with E-state index in [1.165, 1.54) is 0 Å². The van der Waals surface area contributed by atoms with Crippen molar-refractivity contribution in [2.75, 3.05) is 13.2 Å². The van der Waals surface area contributed by atoms with Gasteiger partial charge in [0.2, 0.25) is 5.91 Å². The predicted octanol–water partition coefficient (Wildman–Crippen LogP) is 4.29. The minimum atomic E-state index is -0.0459. The van der Waals surface area contributed by atoms with Crippen LogP contribution in [0.4, 0.5) is 0 Å². The molecule has 0 bridgehead atoms. The zero-order chi connectivity index (χ0) is 20.2. The summed E-state index contributed by atoms with van der Waals surface area (Å²) in [5.41, 5.74) is 2.50. The third-order valence-corrected chi connectivity index (χ3v) is 5.35. The number of para-hydroxylation sites is 2. The van der Waals surface area contributed by atoms with Crippen molar-refractivity contribution in [1.29, 1.82) is 0 Å². The topological polar surface area (TPSA) is 75.3 Å². The molecule has 1 atom stereocenters. The van der Waals surface area contributed by atoms with E-state index in [2.05, 4.69) is 9.97 Å². The molecule has 1 aliphatic rings. The van der Waals surface area contributed by atoms with Crippen LogP contribution in [0.2, 0.25) is 0 Å². The van der Waals surface area contributed by atoms with Gasteiger partial charge in [0.25, 0.3) is 0 Å². The first kappa shape index (κ1) is 19.2. The minimum absolute atomic E-state index is 0.00671. The van der Waals surface area contributed by atoms with Crippen molar-refractivity contribution >= 4 is 22.7 Å². The average Bonchev–Trinajstić information content (AvgIpc) is 3.39. The number of benzene rings is 2. The number of hydrogen-bond acceptors (Lipinski definition) is 4. The van der Waals surface area contributed by atoms with Crippen LogP contribution in [0.25, 0.3) is 11.0 Å². The quantitative estimate of drug-likeness (QED) is 0.610. The molecule has 0 aliphatic carbocycles. The maximum Gasteiger partial charge on any atom is 0.223 e. The Morgan fingerprint density at radius 1 is 1.14 bits per heavy atom. The van der Waals surface area contributed by atoms with Gasteiger partial charge in [0.15, 0.2) is 5.78 Å². The SMILES string of the molecule is CCOc1ccc(C(=O)CCC(=O)N2CCC[C@H]2c2nc3ccccc3[nH]2)cc1. The third kappa shape index (κ3) is 4.16. The van der Waals surface area contributed by atoms with E-state index in [1.54, 1.807) is 24.3 Å². The maximum absolute atomic E-state index is 12.8. The minimum Gasteiger partial charge on any atom is -0.494 e. The highest BCUT2D eigenvalue weighted by Crippen LogP contribution is 2.32. The van der Waals surface area contributed by atoms with E-state index in [1.807, 2.05) is 36.1 Å². The Balaban J connectivity index is 1.38. The van der Waals surface area contributed by atoms with Gasteiger partial charge in [0.1, 0.15) is 11.6 Å². The number of ether oxygens (including phenoxy) is 1. The molecule has 1 N–H and O–H groups in total. The van der Waals surface area contributed by atoms with Crippen molar-refractivity contribution in [2.24, 2.45) is 0 Å². The molecule has 3 aromatic rings. The molecule has 1 fully saturated rings. The molecule has 150 valence electrons. The van der Waals surface area contributed by atoms with Gasteiger partial charge < -0.3 is 14.6 Å². The van der Waals surface area contributed by atoms with Crippen LogP contribution in [0.3, 0.4) is 0 Å². The van der Waals surface area contributed by atoms with Crippen LogP contribution in [-0.2, 0) is 4.79 Å². The van der Waals surface area contributed by atoms with E-state index >= 15 is 0 Å². The highest BCUT2D eigenvalue weighted by Gasteiger charge is 2.32. The molecule has 1 aromatic heterocycles. The van der Waals surface area contributed by atoms with Gasteiger partial charge in [0.05, 0.1) is 23.7 Å². The molecule has 1 amide bonds. The number of H-pyrrole nitrogens is 1. The molecule has 29 heavy (non-hydrogen) atoms. The highest BCUT2D eigenvalue weighted by atomic mass is 16.5. The van der Waals surface area contributed by atoms with Crippen molar-refractivity contribution in [3.63, 3.8) is 0 Å². The standard InChI is InChI=1S/C23H25N3O3/c1-2-29-17-11-9-16(10-12-17)21(27)13-14-22(28)26-15-5-8-20(26)23-24-18-6-3-4-7-19(18)25-23/h3-4,6-7,9-12,20H,2,5,8,13-15H2,1H3,(H,24,25)/t20-/m0/s1. The number of hydrogen-bond donors (Lipinski definition) is 1. The molecular formula is C23H25N3O3. The van der Waals surface area contributed by atoms with Crippen LogP contribution in [0.15, 0.2) is 48.5 Å². The van der Waals surface area contributed by atoms with E-state index in [4.69, 9.17) is 4.74 Å². The van der Waals surface area contributed by atoms with Gasteiger partial charge in [-0.2, -0.15) is 0 Å². The molecule has 0 radical (unpaired) electrons. The Labute approximate surface area is 169 Å². The number of aromatic amines is 1. The molecule has 6 heteroatoms. The van der Waals surface area contributed by atoms with Crippen molar-refractivity contribution < 1.29 is 14.3 Å². The van der Waals surface area contributed by atoms with Gasteiger partial charge in [-0.15, -0.1) is 0 Å². The molecule has 2 heterocycles. The smallest absolute Gasteiger partial charge is 0.223 e. The van der Waals surface area contributed by atoms with Crippen molar-refractivity contribution in [2.45, 2.75) is 38.6 Å². The van der Waals surface area contributed by atoms with Gasteiger partial charge in [-0.1, -0.05) is 12.1 Å². The molecule has 6 nitrogen and oxygen atoms in total. The second-order valence-corrected chi connectivity index (χ2v) is 7.26. The Hall–Kier alpha value is -3.15. The van der Waals surface area contributed by atoms with Crippen molar-refractivity contribution in [3.05, 3.63) is 59.9 Å². The summed E-state index contributed by atoms with van der Waals surface area (Å²) < 4.78 is 5.40. The van der Waals surface area contributed by atoms with Crippen molar-refractivity contribution in [1.82, 2.24) is 14.9 Å². The largest absolute Gasteiger partial charge is 0.494 e. The number of nitrogens with one attached hydrogen (secondary N) is 1. The fourth-order valence-corrected chi connectivity index (χ4v) is 3.89. The van der Waals surface area contributed by atoms with Crippen LogP contribution < -0.4 is 4.74 Å². The van der Waals surface area contributed by atoms with Gasteiger partial charge in [0, 0.05) is 24.9 Å². The first-order valence-corrected chi connectivity index (χ1v) is 10.2. The number of aromatic nitrogens is 2. The molecule has 4 rings (SSSR count). The summed E-state index contributed by atoms with van der Waals surface area (Å²) >= 11 is 0. The van der Waals surface area contributed by atoms with Gasteiger partial charge in [-0.3, -0.25) is 9.59 Å². The summed E-state index contributed by atoms with van der Waals surface area (Å²) in [5.74, 6) is 1.55. The zero-order valence-electron chi connectivity index (χ0n) is 16.6. The number of Topliss-reactive ketones (excluding diaryl/α,β-unsaturated/α-hetero) is 1. The number of nitrogens with zero attached hydrogens (tertiary/aromatic N) is 2. The van der Waals surface area contributed by atoms with Crippen LogP contribution in [0.1, 0.15) is 54.8 Å². The molecule has 2 aromatic carbocycles. The summed E-state index contributed by atoms with van der Waals surface area (Å²) in [6.45, 7) is 3.21. The molecular weight excluding hydrogens is 366 g/mol. The van der Waals surface area contributed by atoms with Gasteiger partial charge >= 0.3 is 0 Å². The zero-order valence-corrected chi connectivity index (χ0v) is 16.6. The van der Waals surface area contributed by atoms with Crippen molar-refractivity contribution in [3.8, 4) is 5.75 Å². The van der Waals surface area contributed by atoms with Crippen LogP contribution in [-0.4, -0.2) is 39.7 Å². The lowest BCUT2D eigenvalue weighted by Crippen LogP contribution is -2.31. The van der Waals surface area contributed by atoms with Gasteiger partial charge in [-0.05, 0) is 56.2 Å². The van der Waals surface area contributed by atoms with Gasteiger partial charge in [-0.25, -0.2) is 4.98 Å². The number of rotatable bonds is 7.